The standard InChI is InChI=1S/C33H39N7O2/c1-4-30(41)40-19-18-39(20-25(40)13-15-34)32-27-14-17-38(29-12-6-10-24-9-5-8-23(2)31(24)29)21-28(27)35-33(36-32)42-22-26-11-7-16-37(26)3/h4-6,8-10,12,25-26H,1,7,11,13-14,16-22H2,2-3H3/t25-,26-/m0/s1/i2+1. The van der Waals surface area contributed by atoms with Crippen molar-refractivity contribution in [2.24, 2.45) is 0 Å². The molecular weight excluding hydrogens is 527 g/mol. The molecule has 0 bridgehead atoms. The van der Waals surface area contributed by atoms with Crippen LogP contribution in [0.2, 0.25) is 0 Å². The number of aromatic nitrogens is 2. The molecule has 218 valence electrons. The van der Waals surface area contributed by atoms with Gasteiger partial charge in [0, 0.05) is 48.9 Å². The fraction of sp³-hybridized carbons (Fsp3) is 0.455. The number of fused-ring (bicyclic) bond motifs is 2. The van der Waals surface area contributed by atoms with E-state index in [0.29, 0.717) is 44.8 Å². The zero-order chi connectivity index (χ0) is 29.2. The maximum atomic E-state index is 12.5. The van der Waals surface area contributed by atoms with Crippen molar-refractivity contribution in [3.8, 4) is 12.1 Å². The highest BCUT2D eigenvalue weighted by atomic mass is 16.5. The topological polar surface area (TPSA) is 88.8 Å². The minimum Gasteiger partial charge on any atom is -0.462 e. The summed E-state index contributed by atoms with van der Waals surface area (Å²) in [5, 5.41) is 12.0. The van der Waals surface area contributed by atoms with E-state index < -0.39 is 0 Å². The van der Waals surface area contributed by atoms with Gasteiger partial charge in [-0.25, -0.2) is 0 Å². The number of likely N-dealkylation sites (N-methyl/N-ethyl adjacent to an activating group) is 1. The summed E-state index contributed by atoms with van der Waals surface area (Å²) in [6.45, 7) is 10.7. The Balaban J connectivity index is 1.34. The third-order valence-corrected chi connectivity index (χ3v) is 9.10. The normalized spacial score (nSPS) is 20.8. The van der Waals surface area contributed by atoms with Crippen molar-refractivity contribution in [2.45, 2.75) is 51.2 Å². The maximum absolute atomic E-state index is 12.5. The molecule has 0 unspecified atom stereocenters. The molecule has 0 saturated carbocycles. The van der Waals surface area contributed by atoms with Crippen LogP contribution in [0.1, 0.15) is 36.1 Å². The second kappa shape index (κ2) is 12.0. The molecular formula is C33H39N7O2. The molecule has 1 amide bonds. The van der Waals surface area contributed by atoms with Gasteiger partial charge in [0.1, 0.15) is 12.4 Å². The first-order valence-corrected chi connectivity index (χ1v) is 15.0. The average molecular weight is 567 g/mol. The molecule has 2 aromatic carbocycles. The molecule has 2 fully saturated rings. The molecule has 6 rings (SSSR count). The van der Waals surface area contributed by atoms with E-state index in [4.69, 9.17) is 14.7 Å². The van der Waals surface area contributed by atoms with Crippen LogP contribution in [-0.4, -0.2) is 84.1 Å². The number of piperazine rings is 1. The first kappa shape index (κ1) is 28.0. The first-order chi connectivity index (χ1) is 20.5. The molecule has 9 heteroatoms. The number of hydrogen-bond donors (Lipinski definition) is 0. The van der Waals surface area contributed by atoms with Crippen molar-refractivity contribution in [1.82, 2.24) is 19.8 Å². The summed E-state index contributed by atoms with van der Waals surface area (Å²) in [4.78, 5) is 31.3. The highest BCUT2D eigenvalue weighted by Crippen LogP contribution is 2.36. The van der Waals surface area contributed by atoms with Gasteiger partial charge >= 0.3 is 6.01 Å². The molecule has 4 heterocycles. The average Bonchev–Trinajstić information content (AvgIpc) is 3.43. The van der Waals surface area contributed by atoms with Gasteiger partial charge in [-0.15, -0.1) is 0 Å². The van der Waals surface area contributed by atoms with Crippen molar-refractivity contribution in [3.63, 3.8) is 0 Å². The molecule has 9 nitrogen and oxygen atoms in total. The van der Waals surface area contributed by atoms with Crippen LogP contribution >= 0.6 is 0 Å². The summed E-state index contributed by atoms with van der Waals surface area (Å²) in [7, 11) is 2.14. The van der Waals surface area contributed by atoms with Crippen LogP contribution in [-0.2, 0) is 17.8 Å². The molecule has 1 aromatic heterocycles. The van der Waals surface area contributed by atoms with Crippen LogP contribution < -0.4 is 14.5 Å². The van der Waals surface area contributed by atoms with Gasteiger partial charge < -0.3 is 24.3 Å². The summed E-state index contributed by atoms with van der Waals surface area (Å²) >= 11 is 0. The van der Waals surface area contributed by atoms with E-state index >= 15 is 0 Å². The van der Waals surface area contributed by atoms with E-state index in [1.54, 1.807) is 4.90 Å². The molecule has 3 aromatic rings. The quantitative estimate of drug-likeness (QED) is 0.312. The number of amides is 1. The van der Waals surface area contributed by atoms with E-state index in [1.165, 1.54) is 34.5 Å². The number of rotatable bonds is 7. The number of likely N-dealkylation sites (tertiary alicyclic amines) is 1. The SMILES string of the molecule is C=CC(=O)N1CCN(c2nc(OC[C@@H]3CCCN3C)nc3c2CCN(c2cccc4cccc([13CH3])c24)C3)C[C@@H]1CC#N. The van der Waals surface area contributed by atoms with E-state index in [0.717, 1.165) is 43.0 Å². The Bertz CT molecular complexity index is 1530. The second-order valence-electron chi connectivity index (χ2n) is 11.7. The number of anilines is 2. The lowest BCUT2D eigenvalue weighted by Gasteiger charge is -2.42. The monoisotopic (exact) mass is 566 g/mol. The number of benzene rings is 2. The van der Waals surface area contributed by atoms with Gasteiger partial charge in [0.25, 0.3) is 0 Å². The Labute approximate surface area is 248 Å². The number of carbonyl (C=O) groups is 1. The van der Waals surface area contributed by atoms with Crippen LogP contribution in [0.4, 0.5) is 11.5 Å². The third-order valence-electron chi connectivity index (χ3n) is 9.10. The van der Waals surface area contributed by atoms with E-state index in [2.05, 4.69) is 77.7 Å². The smallest absolute Gasteiger partial charge is 0.318 e. The molecule has 2 saturated heterocycles. The van der Waals surface area contributed by atoms with Gasteiger partial charge in [-0.05, 0) is 62.9 Å². The van der Waals surface area contributed by atoms with Gasteiger partial charge in [0.05, 0.1) is 30.8 Å². The van der Waals surface area contributed by atoms with Gasteiger partial charge in [0.2, 0.25) is 5.91 Å². The third kappa shape index (κ3) is 5.39. The van der Waals surface area contributed by atoms with Crippen LogP contribution in [0.25, 0.3) is 10.8 Å². The lowest BCUT2D eigenvalue weighted by Crippen LogP contribution is -2.55. The summed E-state index contributed by atoms with van der Waals surface area (Å²) in [6.07, 6.45) is 4.68. The van der Waals surface area contributed by atoms with Gasteiger partial charge in [-0.2, -0.15) is 15.2 Å². The van der Waals surface area contributed by atoms with Crippen LogP contribution in [0, 0.1) is 18.3 Å². The minimum atomic E-state index is -0.227. The van der Waals surface area contributed by atoms with Crippen LogP contribution in [0.3, 0.4) is 0 Å². The van der Waals surface area contributed by atoms with Crippen molar-refractivity contribution >= 4 is 28.2 Å². The van der Waals surface area contributed by atoms with Crippen molar-refractivity contribution in [3.05, 3.63) is 65.9 Å². The minimum absolute atomic E-state index is 0.134. The van der Waals surface area contributed by atoms with Crippen molar-refractivity contribution in [2.75, 3.05) is 56.2 Å². The zero-order valence-corrected chi connectivity index (χ0v) is 24.6. The second-order valence-corrected chi connectivity index (χ2v) is 11.7. The number of nitriles is 1. The highest BCUT2D eigenvalue weighted by molar-refractivity contribution is 5.97. The van der Waals surface area contributed by atoms with Gasteiger partial charge in [0.15, 0.2) is 0 Å². The molecule has 3 aliphatic heterocycles. The Kier molecular flexibility index (Phi) is 7.98. The fourth-order valence-electron chi connectivity index (χ4n) is 6.79. The van der Waals surface area contributed by atoms with Crippen LogP contribution in [0.15, 0.2) is 49.1 Å². The number of ether oxygens (including phenoxy) is 1. The van der Waals surface area contributed by atoms with Crippen LogP contribution in [0.5, 0.6) is 6.01 Å². The number of carbonyl (C=O) groups excluding carboxylic acids is 1. The largest absolute Gasteiger partial charge is 0.462 e. The van der Waals surface area contributed by atoms with Crippen molar-refractivity contribution < 1.29 is 9.53 Å². The fourth-order valence-corrected chi connectivity index (χ4v) is 6.79. The van der Waals surface area contributed by atoms with E-state index in [1.807, 2.05) is 0 Å². The Morgan fingerprint density at radius 1 is 1.12 bits per heavy atom. The number of nitrogens with zero attached hydrogens (tertiary/aromatic N) is 7. The number of hydrogen-bond acceptors (Lipinski definition) is 8. The Morgan fingerprint density at radius 2 is 1.95 bits per heavy atom. The highest BCUT2D eigenvalue weighted by Gasteiger charge is 2.33. The Hall–Kier alpha value is -4.16. The summed E-state index contributed by atoms with van der Waals surface area (Å²) in [6, 6.07) is 15.8. The molecule has 0 spiro atoms. The Morgan fingerprint density at radius 3 is 2.71 bits per heavy atom. The van der Waals surface area contributed by atoms with Crippen molar-refractivity contribution in [1.29, 1.82) is 5.26 Å². The molecule has 0 aliphatic carbocycles. The van der Waals surface area contributed by atoms with E-state index in [-0.39, 0.29) is 18.4 Å². The maximum Gasteiger partial charge on any atom is 0.318 e. The molecule has 0 radical (unpaired) electrons. The predicted molar refractivity (Wildman–Crippen MR) is 165 cm³/mol. The lowest BCUT2D eigenvalue weighted by atomic mass is 10.00. The molecule has 3 aliphatic rings. The van der Waals surface area contributed by atoms with E-state index in [9.17, 15) is 10.1 Å². The zero-order valence-electron chi connectivity index (χ0n) is 24.6. The summed E-state index contributed by atoms with van der Waals surface area (Å²) < 4.78 is 6.30. The van der Waals surface area contributed by atoms with Gasteiger partial charge in [-0.1, -0.05) is 36.9 Å². The summed E-state index contributed by atoms with van der Waals surface area (Å²) in [5.74, 6) is 0.738. The molecule has 42 heavy (non-hydrogen) atoms. The predicted octanol–water partition coefficient (Wildman–Crippen LogP) is 4.09. The van der Waals surface area contributed by atoms with Gasteiger partial charge in [-0.3, -0.25) is 4.79 Å². The lowest BCUT2D eigenvalue weighted by molar-refractivity contribution is -0.128. The molecule has 0 N–H and O–H groups in total. The number of aryl methyl sites for hydroxylation is 1. The first-order valence-electron chi connectivity index (χ1n) is 15.0. The summed E-state index contributed by atoms with van der Waals surface area (Å²) in [5.41, 5.74) is 4.59. The molecule has 2 atom stereocenters.